The molecule has 0 saturated carbocycles. The summed E-state index contributed by atoms with van der Waals surface area (Å²) in [6.07, 6.45) is 2.19. The van der Waals surface area contributed by atoms with Crippen molar-refractivity contribution < 1.29 is 4.79 Å². The highest BCUT2D eigenvalue weighted by atomic mass is 16.1. The molecule has 1 heterocycles. The molecule has 0 aliphatic heterocycles. The van der Waals surface area contributed by atoms with Crippen molar-refractivity contribution in [2.24, 2.45) is 5.73 Å². The van der Waals surface area contributed by atoms with Gasteiger partial charge in [-0.25, -0.2) is 0 Å². The maximum Gasteiger partial charge on any atom is 0.217 e. The number of fused-ring (bicyclic) bond motifs is 1. The van der Waals surface area contributed by atoms with Crippen LogP contribution in [0.4, 0.5) is 0 Å². The SMILES string of the molecule is N[C@@H]([C]=O)Cc1ccc2ccccc2n1. The maximum atomic E-state index is 10.3. The van der Waals surface area contributed by atoms with Crippen LogP contribution in [0.5, 0.6) is 0 Å². The molecule has 0 fully saturated rings. The van der Waals surface area contributed by atoms with Crippen molar-refractivity contribution in [3.8, 4) is 0 Å². The Morgan fingerprint density at radius 1 is 1.27 bits per heavy atom. The van der Waals surface area contributed by atoms with E-state index in [0.717, 1.165) is 16.6 Å². The number of nitrogens with two attached hydrogens (primary N) is 1. The fourth-order valence-corrected chi connectivity index (χ4v) is 1.49. The molecule has 0 spiro atoms. The van der Waals surface area contributed by atoms with Gasteiger partial charge in [0.05, 0.1) is 11.6 Å². The summed E-state index contributed by atoms with van der Waals surface area (Å²) < 4.78 is 0. The number of carbonyl (C=O) groups excluding carboxylic acids is 1. The summed E-state index contributed by atoms with van der Waals surface area (Å²) in [5.41, 5.74) is 7.23. The van der Waals surface area contributed by atoms with E-state index < -0.39 is 6.04 Å². The minimum atomic E-state index is -0.585. The molecular formula is C12H11N2O. The highest BCUT2D eigenvalue weighted by Crippen LogP contribution is 2.12. The lowest BCUT2D eigenvalue weighted by molar-refractivity contribution is 0.540. The van der Waals surface area contributed by atoms with E-state index in [0.29, 0.717) is 6.42 Å². The Kier molecular flexibility index (Phi) is 2.74. The predicted octanol–water partition coefficient (Wildman–Crippen LogP) is 1.21. The predicted molar refractivity (Wildman–Crippen MR) is 59.1 cm³/mol. The van der Waals surface area contributed by atoms with Crippen molar-refractivity contribution in [3.05, 3.63) is 42.1 Å². The highest BCUT2D eigenvalue weighted by Gasteiger charge is 2.04. The fraction of sp³-hybridized carbons (Fsp3) is 0.167. The van der Waals surface area contributed by atoms with E-state index in [1.54, 1.807) is 6.29 Å². The first-order valence-electron chi connectivity index (χ1n) is 4.77. The quantitative estimate of drug-likeness (QED) is 0.808. The van der Waals surface area contributed by atoms with Gasteiger partial charge in [0.25, 0.3) is 0 Å². The van der Waals surface area contributed by atoms with Crippen LogP contribution in [-0.4, -0.2) is 17.3 Å². The van der Waals surface area contributed by atoms with Crippen molar-refractivity contribution in [1.29, 1.82) is 0 Å². The van der Waals surface area contributed by atoms with E-state index >= 15 is 0 Å². The standard InChI is InChI=1S/C12H11N2O/c13-10(8-15)7-11-6-5-9-3-1-2-4-12(9)14-11/h1-6,10H,7,13H2/t10-/m1/s1. The monoisotopic (exact) mass is 199 g/mol. The van der Waals surface area contributed by atoms with E-state index in [1.807, 2.05) is 36.4 Å². The molecule has 0 saturated heterocycles. The van der Waals surface area contributed by atoms with Crippen molar-refractivity contribution in [2.75, 3.05) is 0 Å². The Morgan fingerprint density at radius 2 is 2.07 bits per heavy atom. The first-order chi connectivity index (χ1) is 7.29. The summed E-state index contributed by atoms with van der Waals surface area (Å²) in [5, 5.41) is 1.09. The fourth-order valence-electron chi connectivity index (χ4n) is 1.49. The van der Waals surface area contributed by atoms with Gasteiger partial charge in [0.1, 0.15) is 0 Å². The number of rotatable bonds is 3. The average Bonchev–Trinajstić information content (AvgIpc) is 2.29. The van der Waals surface area contributed by atoms with Gasteiger partial charge in [-0.05, 0) is 12.1 Å². The van der Waals surface area contributed by atoms with Crippen LogP contribution in [0.2, 0.25) is 0 Å². The molecule has 1 aromatic heterocycles. The summed E-state index contributed by atoms with van der Waals surface area (Å²) in [7, 11) is 0. The van der Waals surface area contributed by atoms with Gasteiger partial charge in [-0.1, -0.05) is 24.3 Å². The zero-order valence-corrected chi connectivity index (χ0v) is 8.18. The van der Waals surface area contributed by atoms with Gasteiger partial charge in [0.15, 0.2) is 0 Å². The van der Waals surface area contributed by atoms with Crippen LogP contribution in [-0.2, 0) is 11.2 Å². The molecule has 1 aromatic carbocycles. The lowest BCUT2D eigenvalue weighted by Crippen LogP contribution is -2.24. The van der Waals surface area contributed by atoms with E-state index in [-0.39, 0.29) is 0 Å². The first kappa shape index (κ1) is 9.80. The van der Waals surface area contributed by atoms with Crippen molar-refractivity contribution in [1.82, 2.24) is 4.98 Å². The van der Waals surface area contributed by atoms with Crippen LogP contribution in [0.3, 0.4) is 0 Å². The van der Waals surface area contributed by atoms with Gasteiger partial charge in [0, 0.05) is 17.5 Å². The molecule has 3 nitrogen and oxygen atoms in total. The summed E-state index contributed by atoms with van der Waals surface area (Å²) in [5.74, 6) is 0. The Morgan fingerprint density at radius 3 is 2.87 bits per heavy atom. The second-order valence-corrected chi connectivity index (χ2v) is 3.42. The smallest absolute Gasteiger partial charge is 0.217 e. The van der Waals surface area contributed by atoms with E-state index in [9.17, 15) is 4.79 Å². The molecule has 0 amide bonds. The topological polar surface area (TPSA) is 56.0 Å². The van der Waals surface area contributed by atoms with Gasteiger partial charge in [-0.15, -0.1) is 0 Å². The second-order valence-electron chi connectivity index (χ2n) is 3.42. The maximum absolute atomic E-state index is 10.3. The highest BCUT2D eigenvalue weighted by molar-refractivity contribution is 5.78. The minimum Gasteiger partial charge on any atom is -0.321 e. The number of nitrogens with zero attached hydrogens (tertiary/aromatic N) is 1. The largest absolute Gasteiger partial charge is 0.321 e. The third kappa shape index (κ3) is 2.19. The lowest BCUT2D eigenvalue weighted by Gasteiger charge is -2.04. The van der Waals surface area contributed by atoms with Crippen molar-refractivity contribution >= 4 is 17.2 Å². The van der Waals surface area contributed by atoms with Crippen LogP contribution in [0.1, 0.15) is 5.69 Å². The summed E-state index contributed by atoms with van der Waals surface area (Å²) in [6, 6.07) is 11.1. The van der Waals surface area contributed by atoms with Crippen molar-refractivity contribution in [2.45, 2.75) is 12.5 Å². The number of hydrogen-bond donors (Lipinski definition) is 1. The molecule has 75 valence electrons. The van der Waals surface area contributed by atoms with Crippen LogP contribution >= 0.6 is 0 Å². The van der Waals surface area contributed by atoms with Crippen molar-refractivity contribution in [3.63, 3.8) is 0 Å². The molecule has 1 atom stereocenters. The van der Waals surface area contributed by atoms with Crippen LogP contribution in [0.25, 0.3) is 10.9 Å². The number of hydrogen-bond acceptors (Lipinski definition) is 3. The molecule has 0 bridgehead atoms. The number of para-hydroxylation sites is 1. The van der Waals surface area contributed by atoms with Gasteiger partial charge in [-0.2, -0.15) is 0 Å². The summed E-state index contributed by atoms with van der Waals surface area (Å²) in [6.45, 7) is 0. The number of pyridine rings is 1. The lowest BCUT2D eigenvalue weighted by atomic mass is 10.1. The van der Waals surface area contributed by atoms with Gasteiger partial charge >= 0.3 is 0 Å². The zero-order valence-electron chi connectivity index (χ0n) is 8.18. The van der Waals surface area contributed by atoms with E-state index in [1.165, 1.54) is 0 Å². The molecule has 15 heavy (non-hydrogen) atoms. The van der Waals surface area contributed by atoms with E-state index in [4.69, 9.17) is 5.73 Å². The Hall–Kier alpha value is -1.74. The average molecular weight is 199 g/mol. The molecule has 0 unspecified atom stereocenters. The number of aromatic nitrogens is 1. The molecule has 2 rings (SSSR count). The van der Waals surface area contributed by atoms with Gasteiger partial charge in [0.2, 0.25) is 6.29 Å². The summed E-state index contributed by atoms with van der Waals surface area (Å²) >= 11 is 0. The van der Waals surface area contributed by atoms with Crippen LogP contribution in [0, 0.1) is 0 Å². The second kappa shape index (κ2) is 4.19. The molecule has 2 aromatic rings. The zero-order chi connectivity index (χ0) is 10.7. The normalized spacial score (nSPS) is 12.6. The number of benzene rings is 1. The summed E-state index contributed by atoms with van der Waals surface area (Å²) in [4.78, 5) is 14.7. The molecule has 3 heteroatoms. The van der Waals surface area contributed by atoms with Crippen LogP contribution < -0.4 is 5.73 Å². The third-order valence-corrected chi connectivity index (χ3v) is 2.24. The first-order valence-corrected chi connectivity index (χ1v) is 4.77. The Balaban J connectivity index is 2.34. The Bertz CT molecular complexity index is 482. The minimum absolute atomic E-state index is 0.439. The molecule has 0 aliphatic rings. The molecular weight excluding hydrogens is 188 g/mol. The van der Waals surface area contributed by atoms with Crippen LogP contribution in [0.15, 0.2) is 36.4 Å². The molecule has 2 N–H and O–H groups in total. The van der Waals surface area contributed by atoms with Gasteiger partial charge in [-0.3, -0.25) is 9.78 Å². The third-order valence-electron chi connectivity index (χ3n) is 2.24. The van der Waals surface area contributed by atoms with Gasteiger partial charge < -0.3 is 5.73 Å². The Labute approximate surface area is 87.9 Å². The van der Waals surface area contributed by atoms with E-state index in [2.05, 4.69) is 4.98 Å². The molecule has 1 radical (unpaired) electrons. The molecule has 0 aliphatic carbocycles.